The van der Waals surface area contributed by atoms with Crippen LogP contribution in [0.1, 0.15) is 32.6 Å². The van der Waals surface area contributed by atoms with Crippen LogP contribution >= 0.6 is 0 Å². The van der Waals surface area contributed by atoms with Crippen molar-refractivity contribution in [3.05, 3.63) is 23.8 Å². The lowest BCUT2D eigenvalue weighted by molar-refractivity contribution is -0.149. The highest BCUT2D eigenvalue weighted by Crippen LogP contribution is 2.47. The molecule has 2 N–H and O–H groups in total. The van der Waals surface area contributed by atoms with Crippen molar-refractivity contribution in [3.8, 4) is 0 Å². The van der Waals surface area contributed by atoms with Gasteiger partial charge in [-0.05, 0) is 25.7 Å². The first kappa shape index (κ1) is 12.9. The smallest absolute Gasteiger partial charge is 0.331 e. The lowest BCUT2D eigenvalue weighted by Gasteiger charge is -2.37. The van der Waals surface area contributed by atoms with Crippen LogP contribution in [0, 0.1) is 17.3 Å². The highest BCUT2D eigenvalue weighted by atomic mass is 16.4. The summed E-state index contributed by atoms with van der Waals surface area (Å²) in [5.41, 5.74) is -0.855. The maximum absolute atomic E-state index is 11.5. The maximum atomic E-state index is 11.5. The lowest BCUT2D eigenvalue weighted by Crippen LogP contribution is -2.41. The average molecular weight is 250 g/mol. The topological polar surface area (TPSA) is 74.6 Å². The molecule has 18 heavy (non-hydrogen) atoms. The average Bonchev–Trinajstić information content (AvgIpc) is 2.81. The van der Waals surface area contributed by atoms with E-state index >= 15 is 0 Å². The number of carboxylic acid groups (broad SMARTS) is 2. The van der Waals surface area contributed by atoms with Crippen molar-refractivity contribution in [2.45, 2.75) is 32.6 Å². The Balaban J connectivity index is 2.43. The molecule has 0 heterocycles. The first-order valence-corrected chi connectivity index (χ1v) is 6.33. The van der Waals surface area contributed by atoms with Gasteiger partial charge in [0.05, 0.1) is 5.41 Å². The summed E-state index contributed by atoms with van der Waals surface area (Å²) >= 11 is 0. The number of carboxylic acids is 2. The zero-order chi connectivity index (χ0) is 13.3. The fraction of sp³-hybridized carbons (Fsp3) is 0.571. The molecule has 0 spiro atoms. The molecule has 4 heteroatoms. The predicted molar refractivity (Wildman–Crippen MR) is 66.0 cm³/mol. The Kier molecular flexibility index (Phi) is 3.28. The van der Waals surface area contributed by atoms with E-state index in [2.05, 4.69) is 0 Å². The van der Waals surface area contributed by atoms with E-state index in [1.54, 1.807) is 25.2 Å². The van der Waals surface area contributed by atoms with Gasteiger partial charge in [-0.2, -0.15) is 0 Å². The molecule has 2 unspecified atom stereocenters. The number of rotatable bonds is 3. The normalized spacial score (nSPS) is 32.3. The minimum atomic E-state index is -1.10. The van der Waals surface area contributed by atoms with Gasteiger partial charge in [0.15, 0.2) is 0 Å². The van der Waals surface area contributed by atoms with E-state index in [4.69, 9.17) is 0 Å². The van der Waals surface area contributed by atoms with Crippen molar-refractivity contribution in [1.82, 2.24) is 0 Å². The van der Waals surface area contributed by atoms with Crippen LogP contribution in [0.25, 0.3) is 0 Å². The molecule has 2 rings (SSSR count). The first-order chi connectivity index (χ1) is 8.47. The third-order valence-corrected chi connectivity index (χ3v) is 4.28. The van der Waals surface area contributed by atoms with Crippen molar-refractivity contribution >= 4 is 11.9 Å². The van der Waals surface area contributed by atoms with Gasteiger partial charge in [-0.25, -0.2) is 4.79 Å². The third-order valence-electron chi connectivity index (χ3n) is 4.28. The molecule has 0 radical (unpaired) electrons. The van der Waals surface area contributed by atoms with Crippen LogP contribution in [0.3, 0.4) is 0 Å². The van der Waals surface area contributed by atoms with Crippen molar-refractivity contribution in [1.29, 1.82) is 0 Å². The summed E-state index contributed by atoms with van der Waals surface area (Å²) in [5.74, 6) is -2.19. The van der Waals surface area contributed by atoms with Crippen LogP contribution in [0.4, 0.5) is 0 Å². The van der Waals surface area contributed by atoms with E-state index in [1.807, 2.05) is 0 Å². The Morgan fingerprint density at radius 1 is 1.28 bits per heavy atom. The van der Waals surface area contributed by atoms with E-state index in [0.717, 1.165) is 25.7 Å². The third kappa shape index (κ3) is 1.96. The van der Waals surface area contributed by atoms with Gasteiger partial charge in [0.25, 0.3) is 0 Å². The van der Waals surface area contributed by atoms with Crippen LogP contribution in [0.15, 0.2) is 23.8 Å². The Morgan fingerprint density at radius 3 is 2.39 bits per heavy atom. The summed E-state index contributed by atoms with van der Waals surface area (Å²) in [5, 5.41) is 18.7. The Bertz CT molecular complexity index is 429. The molecule has 2 aliphatic carbocycles. The molecule has 0 aromatic carbocycles. The number of allylic oxidation sites excluding steroid dienone is 2. The molecule has 2 aliphatic rings. The summed E-state index contributed by atoms with van der Waals surface area (Å²) in [6, 6.07) is 0. The van der Waals surface area contributed by atoms with Crippen molar-refractivity contribution < 1.29 is 19.8 Å². The molecular formula is C14H18O4. The van der Waals surface area contributed by atoms with Gasteiger partial charge >= 0.3 is 11.9 Å². The molecule has 0 aliphatic heterocycles. The minimum Gasteiger partial charge on any atom is -0.481 e. The van der Waals surface area contributed by atoms with E-state index < -0.39 is 23.3 Å². The molecule has 4 nitrogen and oxygen atoms in total. The summed E-state index contributed by atoms with van der Waals surface area (Å²) in [6.45, 7) is 1.63. The van der Waals surface area contributed by atoms with Gasteiger partial charge in [-0.3, -0.25) is 4.79 Å². The summed E-state index contributed by atoms with van der Waals surface area (Å²) in [7, 11) is 0. The van der Waals surface area contributed by atoms with E-state index in [9.17, 15) is 19.8 Å². The van der Waals surface area contributed by atoms with Crippen LogP contribution < -0.4 is 0 Å². The van der Waals surface area contributed by atoms with Gasteiger partial charge in [0.2, 0.25) is 0 Å². The van der Waals surface area contributed by atoms with Gasteiger partial charge in [0, 0.05) is 11.5 Å². The zero-order valence-electron chi connectivity index (χ0n) is 10.4. The van der Waals surface area contributed by atoms with Crippen molar-refractivity contribution in [3.63, 3.8) is 0 Å². The summed E-state index contributed by atoms with van der Waals surface area (Å²) < 4.78 is 0. The Hall–Kier alpha value is -1.58. The predicted octanol–water partition coefficient (Wildman–Crippen LogP) is 2.46. The molecular weight excluding hydrogens is 232 g/mol. The summed E-state index contributed by atoms with van der Waals surface area (Å²) in [6.07, 6.45) is 8.71. The lowest BCUT2D eigenvalue weighted by atomic mass is 9.64. The molecule has 0 saturated heterocycles. The number of hydrogen-bond acceptors (Lipinski definition) is 2. The molecule has 98 valence electrons. The quantitative estimate of drug-likeness (QED) is 0.806. The highest BCUT2D eigenvalue weighted by Gasteiger charge is 2.48. The van der Waals surface area contributed by atoms with Gasteiger partial charge in [-0.15, -0.1) is 0 Å². The first-order valence-electron chi connectivity index (χ1n) is 6.33. The largest absolute Gasteiger partial charge is 0.481 e. The SMILES string of the molecule is CC1(C(=O)O)C=CC=C(C(=O)O)C1C1CCCC1. The molecule has 0 aromatic rings. The second kappa shape index (κ2) is 4.59. The fourth-order valence-corrected chi connectivity index (χ4v) is 3.32. The number of carbonyl (C=O) groups is 2. The van der Waals surface area contributed by atoms with Crippen LogP contribution in [-0.2, 0) is 9.59 Å². The monoisotopic (exact) mass is 250 g/mol. The van der Waals surface area contributed by atoms with Crippen LogP contribution in [-0.4, -0.2) is 22.2 Å². The van der Waals surface area contributed by atoms with Crippen LogP contribution in [0.5, 0.6) is 0 Å². The fourth-order valence-electron chi connectivity index (χ4n) is 3.32. The Morgan fingerprint density at radius 2 is 1.89 bits per heavy atom. The minimum absolute atomic E-state index is 0.165. The van der Waals surface area contributed by atoms with Gasteiger partial charge in [-0.1, -0.05) is 31.1 Å². The van der Waals surface area contributed by atoms with Gasteiger partial charge in [0.1, 0.15) is 0 Å². The van der Waals surface area contributed by atoms with E-state index in [0.29, 0.717) is 0 Å². The standard InChI is InChI=1S/C14H18O4/c1-14(13(17)18)8-4-7-10(12(15)16)11(14)9-5-2-3-6-9/h4,7-9,11H,2-3,5-6H2,1H3,(H,15,16)(H,17,18). The molecule has 0 aromatic heterocycles. The van der Waals surface area contributed by atoms with Gasteiger partial charge < -0.3 is 10.2 Å². The van der Waals surface area contributed by atoms with E-state index in [1.165, 1.54) is 0 Å². The molecule has 1 fully saturated rings. The van der Waals surface area contributed by atoms with Crippen LogP contribution in [0.2, 0.25) is 0 Å². The molecule has 2 atom stereocenters. The highest BCUT2D eigenvalue weighted by molar-refractivity contribution is 5.91. The number of aliphatic carboxylic acids is 2. The van der Waals surface area contributed by atoms with E-state index in [-0.39, 0.29) is 11.5 Å². The second-order valence-electron chi connectivity index (χ2n) is 5.40. The molecule has 0 amide bonds. The Labute approximate surface area is 106 Å². The maximum Gasteiger partial charge on any atom is 0.331 e. The molecule has 0 bridgehead atoms. The summed E-state index contributed by atoms with van der Waals surface area (Å²) in [4.78, 5) is 22.9. The zero-order valence-corrected chi connectivity index (χ0v) is 10.4. The second-order valence-corrected chi connectivity index (χ2v) is 5.40. The van der Waals surface area contributed by atoms with Crippen molar-refractivity contribution in [2.75, 3.05) is 0 Å². The number of hydrogen-bond donors (Lipinski definition) is 2. The molecule has 1 saturated carbocycles. The van der Waals surface area contributed by atoms with Crippen molar-refractivity contribution in [2.24, 2.45) is 17.3 Å².